The Labute approximate surface area is 138 Å². The summed E-state index contributed by atoms with van der Waals surface area (Å²) in [6, 6.07) is 7.67. The third kappa shape index (κ3) is 6.45. The molecule has 0 aliphatic carbocycles. The minimum atomic E-state index is -3.63. The van der Waals surface area contributed by atoms with Crippen LogP contribution in [-0.2, 0) is 10.0 Å². The second-order valence-electron chi connectivity index (χ2n) is 5.40. The van der Waals surface area contributed by atoms with Crippen LogP contribution in [0, 0.1) is 6.92 Å². The molecule has 0 fully saturated rings. The van der Waals surface area contributed by atoms with E-state index in [0.29, 0.717) is 13.1 Å². The van der Waals surface area contributed by atoms with Crippen LogP contribution < -0.4 is 20.7 Å². The molecule has 0 aromatic heterocycles. The van der Waals surface area contributed by atoms with E-state index in [1.165, 1.54) is 12.5 Å². The van der Waals surface area contributed by atoms with Crippen molar-refractivity contribution in [1.82, 2.24) is 10.6 Å². The highest BCUT2D eigenvalue weighted by molar-refractivity contribution is 7.89. The SMILES string of the molecule is CCN(CCNC(=O)NC[C@@H](C)S(N)(=O)=O)c1ccccc1C. The first-order valence-corrected chi connectivity index (χ1v) is 9.20. The number of nitrogens with two attached hydrogens (primary N) is 1. The maximum atomic E-state index is 11.7. The molecule has 23 heavy (non-hydrogen) atoms. The van der Waals surface area contributed by atoms with Crippen LogP contribution in [0.25, 0.3) is 0 Å². The largest absolute Gasteiger partial charge is 0.370 e. The molecule has 0 radical (unpaired) electrons. The van der Waals surface area contributed by atoms with Crippen LogP contribution in [0.1, 0.15) is 19.4 Å². The molecule has 1 rings (SSSR count). The Morgan fingerprint density at radius 2 is 1.96 bits per heavy atom. The van der Waals surface area contributed by atoms with Crippen LogP contribution in [0.3, 0.4) is 0 Å². The van der Waals surface area contributed by atoms with Crippen molar-refractivity contribution in [3.8, 4) is 0 Å². The van der Waals surface area contributed by atoms with Crippen LogP contribution in [0.5, 0.6) is 0 Å². The number of nitrogens with one attached hydrogen (secondary N) is 2. The number of aryl methyl sites for hydroxylation is 1. The number of anilines is 1. The minimum Gasteiger partial charge on any atom is -0.370 e. The van der Waals surface area contributed by atoms with E-state index in [4.69, 9.17) is 5.14 Å². The second kappa shape index (κ2) is 8.73. The molecular formula is C15H26N4O3S. The van der Waals surface area contributed by atoms with Crippen LogP contribution in [-0.4, -0.2) is 45.9 Å². The van der Waals surface area contributed by atoms with Crippen molar-refractivity contribution < 1.29 is 13.2 Å². The number of carbonyl (C=O) groups is 1. The van der Waals surface area contributed by atoms with Crippen molar-refractivity contribution in [2.45, 2.75) is 26.0 Å². The molecule has 0 saturated carbocycles. The summed E-state index contributed by atoms with van der Waals surface area (Å²) >= 11 is 0. The number of sulfonamides is 1. The van der Waals surface area contributed by atoms with Gasteiger partial charge in [0.25, 0.3) is 0 Å². The monoisotopic (exact) mass is 342 g/mol. The zero-order chi connectivity index (χ0) is 17.5. The molecule has 0 aliphatic rings. The van der Waals surface area contributed by atoms with Gasteiger partial charge < -0.3 is 15.5 Å². The lowest BCUT2D eigenvalue weighted by Gasteiger charge is -2.25. The molecule has 8 heteroatoms. The topological polar surface area (TPSA) is 105 Å². The van der Waals surface area contributed by atoms with Gasteiger partial charge >= 0.3 is 6.03 Å². The lowest BCUT2D eigenvalue weighted by Crippen LogP contribution is -2.44. The van der Waals surface area contributed by atoms with Gasteiger partial charge in [0.1, 0.15) is 0 Å². The van der Waals surface area contributed by atoms with Crippen molar-refractivity contribution in [1.29, 1.82) is 0 Å². The van der Waals surface area contributed by atoms with E-state index in [1.54, 1.807) is 0 Å². The van der Waals surface area contributed by atoms with Crippen molar-refractivity contribution in [3.05, 3.63) is 29.8 Å². The van der Waals surface area contributed by atoms with Crippen LogP contribution in [0.15, 0.2) is 24.3 Å². The maximum absolute atomic E-state index is 11.7. The third-order valence-electron chi connectivity index (χ3n) is 3.62. The van der Waals surface area contributed by atoms with Crippen molar-refractivity contribution in [2.24, 2.45) is 5.14 Å². The molecule has 7 nitrogen and oxygen atoms in total. The summed E-state index contributed by atoms with van der Waals surface area (Å²) < 4.78 is 22.1. The molecule has 0 unspecified atom stereocenters. The highest BCUT2D eigenvalue weighted by atomic mass is 32.2. The summed E-state index contributed by atoms with van der Waals surface area (Å²) in [6.07, 6.45) is 0. The fourth-order valence-corrected chi connectivity index (χ4v) is 2.40. The van der Waals surface area contributed by atoms with E-state index in [9.17, 15) is 13.2 Å². The Balaban J connectivity index is 2.40. The zero-order valence-electron chi connectivity index (χ0n) is 13.9. The van der Waals surface area contributed by atoms with E-state index < -0.39 is 21.3 Å². The molecule has 2 amide bonds. The molecule has 0 bridgehead atoms. The smallest absolute Gasteiger partial charge is 0.314 e. The van der Waals surface area contributed by atoms with Crippen LogP contribution in [0.2, 0.25) is 0 Å². The van der Waals surface area contributed by atoms with E-state index in [1.807, 2.05) is 31.2 Å². The van der Waals surface area contributed by atoms with Gasteiger partial charge in [-0.15, -0.1) is 0 Å². The number of hydrogen-bond donors (Lipinski definition) is 3. The van der Waals surface area contributed by atoms with Crippen molar-refractivity contribution >= 4 is 21.7 Å². The minimum absolute atomic E-state index is 0.0139. The van der Waals surface area contributed by atoms with Gasteiger partial charge in [0.2, 0.25) is 10.0 Å². The summed E-state index contributed by atoms with van der Waals surface area (Å²) in [4.78, 5) is 13.8. The van der Waals surface area contributed by atoms with Crippen LogP contribution >= 0.6 is 0 Å². The Morgan fingerprint density at radius 3 is 2.52 bits per heavy atom. The number of amides is 2. The van der Waals surface area contributed by atoms with Gasteiger partial charge in [0, 0.05) is 31.9 Å². The van der Waals surface area contributed by atoms with Gasteiger partial charge in [-0.05, 0) is 32.4 Å². The van der Waals surface area contributed by atoms with Gasteiger partial charge in [0.15, 0.2) is 0 Å². The molecule has 130 valence electrons. The first-order valence-electron chi connectivity index (χ1n) is 7.59. The zero-order valence-corrected chi connectivity index (χ0v) is 14.7. The summed E-state index contributed by atoms with van der Waals surface area (Å²) in [5.41, 5.74) is 2.32. The lowest BCUT2D eigenvalue weighted by molar-refractivity contribution is 0.241. The standard InChI is InChI=1S/C15H26N4O3S/c1-4-19(14-8-6-5-7-12(14)2)10-9-17-15(20)18-11-13(3)23(16,21)22/h5-8,13H,4,9-11H2,1-3H3,(H2,16,21,22)(H2,17,18,20)/t13-/m1/s1. The fraction of sp³-hybridized carbons (Fsp3) is 0.533. The number of carbonyl (C=O) groups excluding carboxylic acids is 1. The quantitative estimate of drug-likeness (QED) is 0.650. The molecule has 1 aromatic rings. The molecule has 1 aromatic carbocycles. The first kappa shape index (κ1) is 19.2. The maximum Gasteiger partial charge on any atom is 0.314 e. The number of hydrogen-bond acceptors (Lipinski definition) is 4. The highest BCUT2D eigenvalue weighted by Gasteiger charge is 2.16. The lowest BCUT2D eigenvalue weighted by atomic mass is 10.2. The van der Waals surface area contributed by atoms with Crippen LogP contribution in [0.4, 0.5) is 10.5 Å². The Morgan fingerprint density at radius 1 is 1.30 bits per heavy atom. The number of primary sulfonamides is 1. The Kier molecular flexibility index (Phi) is 7.31. The summed E-state index contributed by atoms with van der Waals surface area (Å²) in [6.45, 7) is 7.49. The fourth-order valence-electron chi connectivity index (χ4n) is 2.09. The highest BCUT2D eigenvalue weighted by Crippen LogP contribution is 2.18. The summed E-state index contributed by atoms with van der Waals surface area (Å²) in [5, 5.41) is 9.40. The number of rotatable bonds is 8. The second-order valence-corrected chi connectivity index (χ2v) is 7.39. The molecular weight excluding hydrogens is 316 g/mol. The van der Waals surface area contributed by atoms with E-state index >= 15 is 0 Å². The molecule has 0 saturated heterocycles. The predicted octanol–water partition coefficient (Wildman–Crippen LogP) is 0.798. The van der Waals surface area contributed by atoms with E-state index in [-0.39, 0.29) is 6.54 Å². The van der Waals surface area contributed by atoms with Gasteiger partial charge in [0.05, 0.1) is 5.25 Å². The summed E-state index contributed by atoms with van der Waals surface area (Å²) in [5.74, 6) is 0. The normalized spacial score (nSPS) is 12.5. The first-order chi connectivity index (χ1) is 10.8. The number of likely N-dealkylation sites (N-methyl/N-ethyl adjacent to an activating group) is 1. The van der Waals surface area contributed by atoms with Gasteiger partial charge in [-0.3, -0.25) is 0 Å². The van der Waals surface area contributed by atoms with E-state index in [0.717, 1.165) is 12.2 Å². The van der Waals surface area contributed by atoms with E-state index in [2.05, 4.69) is 22.5 Å². The number of para-hydroxylation sites is 1. The van der Waals surface area contributed by atoms with Gasteiger partial charge in [-0.25, -0.2) is 18.4 Å². The molecule has 4 N–H and O–H groups in total. The van der Waals surface area contributed by atoms with Gasteiger partial charge in [-0.1, -0.05) is 18.2 Å². The van der Waals surface area contributed by atoms with Crippen molar-refractivity contribution in [2.75, 3.05) is 31.1 Å². The average molecular weight is 342 g/mol. The van der Waals surface area contributed by atoms with Crippen molar-refractivity contribution in [3.63, 3.8) is 0 Å². The summed E-state index contributed by atoms with van der Waals surface area (Å²) in [7, 11) is -3.63. The third-order valence-corrected chi connectivity index (χ3v) is 4.90. The van der Waals surface area contributed by atoms with Gasteiger partial charge in [-0.2, -0.15) is 0 Å². The Bertz CT molecular complexity index is 619. The number of benzene rings is 1. The predicted molar refractivity (Wildman–Crippen MR) is 93.0 cm³/mol. The average Bonchev–Trinajstić information content (AvgIpc) is 2.49. The number of nitrogens with zero attached hydrogens (tertiary/aromatic N) is 1. The molecule has 0 spiro atoms. The molecule has 0 aliphatic heterocycles. The molecule has 0 heterocycles. The Hall–Kier alpha value is -1.80. The molecule has 1 atom stereocenters. The number of urea groups is 1.